The summed E-state index contributed by atoms with van der Waals surface area (Å²) in [7, 11) is 0. The monoisotopic (exact) mass is 232 g/mol. The van der Waals surface area contributed by atoms with Gasteiger partial charge in [0, 0.05) is 0 Å². The number of benzene rings is 1. The average molecular weight is 232 g/mol. The predicted octanol–water partition coefficient (Wildman–Crippen LogP) is 4.57. The van der Waals surface area contributed by atoms with Gasteiger partial charge in [0.25, 0.3) is 0 Å². The lowest BCUT2D eigenvalue weighted by Crippen LogP contribution is -2.30. The van der Waals surface area contributed by atoms with Crippen LogP contribution in [-0.4, -0.2) is 5.11 Å². The third kappa shape index (κ3) is 2.20. The van der Waals surface area contributed by atoms with Crippen LogP contribution in [0.5, 0.6) is 5.75 Å². The van der Waals surface area contributed by atoms with E-state index in [0.717, 1.165) is 6.42 Å². The fourth-order valence-electron chi connectivity index (χ4n) is 3.67. The molecule has 0 atom stereocenters. The van der Waals surface area contributed by atoms with Gasteiger partial charge < -0.3 is 5.11 Å². The zero-order valence-electron chi connectivity index (χ0n) is 11.1. The Bertz CT molecular complexity index is 375. The van der Waals surface area contributed by atoms with E-state index in [1.165, 1.54) is 49.7 Å². The van der Waals surface area contributed by atoms with E-state index < -0.39 is 0 Å². The van der Waals surface area contributed by atoms with Crippen molar-refractivity contribution in [3.63, 3.8) is 0 Å². The fraction of sp³-hybridized carbons (Fsp3) is 0.625. The molecule has 0 amide bonds. The van der Waals surface area contributed by atoms with Crippen LogP contribution >= 0.6 is 0 Å². The summed E-state index contributed by atoms with van der Waals surface area (Å²) in [6.45, 7) is 4.54. The molecule has 0 radical (unpaired) electrons. The summed E-state index contributed by atoms with van der Waals surface area (Å²) >= 11 is 0. The first kappa shape index (κ1) is 12.5. The molecule has 17 heavy (non-hydrogen) atoms. The molecule has 0 spiro atoms. The van der Waals surface area contributed by atoms with E-state index in [1.54, 1.807) is 0 Å². The van der Waals surface area contributed by atoms with E-state index >= 15 is 0 Å². The molecule has 0 saturated heterocycles. The van der Waals surface area contributed by atoms with Gasteiger partial charge in [0.2, 0.25) is 0 Å². The molecule has 1 aliphatic carbocycles. The molecule has 1 heteroatoms. The maximum absolute atomic E-state index is 10.0. The number of fused-ring (bicyclic) bond motifs is 1. The highest BCUT2D eigenvalue weighted by atomic mass is 16.3. The van der Waals surface area contributed by atoms with Crippen molar-refractivity contribution in [2.45, 2.75) is 64.2 Å². The summed E-state index contributed by atoms with van der Waals surface area (Å²) in [5.74, 6) is 0.513. The standard InChI is InChI=1S/C16H24O/c1-3-10-16(11-4-2)12-6-7-13-14(16)8-5-9-15(13)17/h5,8-9,17H,3-4,6-7,10-12H2,1-2H3. The Morgan fingerprint density at radius 2 is 1.88 bits per heavy atom. The van der Waals surface area contributed by atoms with E-state index in [2.05, 4.69) is 19.9 Å². The normalized spacial score (nSPS) is 17.8. The van der Waals surface area contributed by atoms with E-state index in [0.29, 0.717) is 11.2 Å². The SMILES string of the molecule is CCCC1(CCC)CCCc2c(O)cccc21. The highest BCUT2D eigenvalue weighted by molar-refractivity contribution is 5.45. The van der Waals surface area contributed by atoms with Crippen LogP contribution in [0.1, 0.15) is 63.5 Å². The third-order valence-corrected chi connectivity index (χ3v) is 4.26. The van der Waals surface area contributed by atoms with Crippen molar-refractivity contribution in [3.8, 4) is 5.75 Å². The molecular formula is C16H24O. The number of aromatic hydroxyl groups is 1. The smallest absolute Gasteiger partial charge is 0.119 e. The molecule has 1 aliphatic rings. The van der Waals surface area contributed by atoms with Crippen molar-refractivity contribution < 1.29 is 5.11 Å². The number of phenols is 1. The summed E-state index contributed by atoms with van der Waals surface area (Å²) in [5, 5.41) is 10.0. The first-order valence-corrected chi connectivity index (χ1v) is 7.05. The lowest BCUT2D eigenvalue weighted by atomic mass is 9.65. The van der Waals surface area contributed by atoms with Crippen LogP contribution < -0.4 is 0 Å². The molecule has 0 heterocycles. The Morgan fingerprint density at radius 1 is 1.18 bits per heavy atom. The second kappa shape index (κ2) is 5.12. The number of rotatable bonds is 4. The third-order valence-electron chi connectivity index (χ3n) is 4.26. The number of hydrogen-bond acceptors (Lipinski definition) is 1. The van der Waals surface area contributed by atoms with Gasteiger partial charge in [-0.1, -0.05) is 38.8 Å². The Labute approximate surface area is 105 Å². The van der Waals surface area contributed by atoms with Gasteiger partial charge in [0.15, 0.2) is 0 Å². The van der Waals surface area contributed by atoms with Crippen LogP contribution in [0.3, 0.4) is 0 Å². The molecule has 0 aromatic heterocycles. The molecule has 2 rings (SSSR count). The van der Waals surface area contributed by atoms with Crippen LogP contribution in [0, 0.1) is 0 Å². The maximum atomic E-state index is 10.0. The molecule has 0 unspecified atom stereocenters. The van der Waals surface area contributed by atoms with E-state index in [-0.39, 0.29) is 0 Å². The minimum Gasteiger partial charge on any atom is -0.508 e. The summed E-state index contributed by atoms with van der Waals surface area (Å²) in [5.41, 5.74) is 3.00. The second-order valence-electron chi connectivity index (χ2n) is 5.44. The molecule has 1 N–H and O–H groups in total. The van der Waals surface area contributed by atoms with E-state index in [4.69, 9.17) is 0 Å². The van der Waals surface area contributed by atoms with Gasteiger partial charge in [0.05, 0.1) is 0 Å². The van der Waals surface area contributed by atoms with Gasteiger partial charge in [-0.05, 0) is 54.7 Å². The molecule has 1 nitrogen and oxygen atoms in total. The van der Waals surface area contributed by atoms with Gasteiger partial charge in [-0.2, -0.15) is 0 Å². The highest BCUT2D eigenvalue weighted by Gasteiger charge is 2.35. The lowest BCUT2D eigenvalue weighted by molar-refractivity contribution is 0.301. The first-order valence-electron chi connectivity index (χ1n) is 7.05. The van der Waals surface area contributed by atoms with Crippen molar-refractivity contribution >= 4 is 0 Å². The summed E-state index contributed by atoms with van der Waals surface area (Å²) in [4.78, 5) is 0. The van der Waals surface area contributed by atoms with Crippen LogP contribution in [0.25, 0.3) is 0 Å². The lowest BCUT2D eigenvalue weighted by Gasteiger charge is -2.39. The van der Waals surface area contributed by atoms with Crippen molar-refractivity contribution in [3.05, 3.63) is 29.3 Å². The second-order valence-corrected chi connectivity index (χ2v) is 5.44. The van der Waals surface area contributed by atoms with Gasteiger partial charge >= 0.3 is 0 Å². The molecular weight excluding hydrogens is 208 g/mol. The zero-order chi connectivity index (χ0) is 12.3. The van der Waals surface area contributed by atoms with Crippen LogP contribution in [0.15, 0.2) is 18.2 Å². The van der Waals surface area contributed by atoms with Crippen LogP contribution in [0.2, 0.25) is 0 Å². The summed E-state index contributed by atoms with van der Waals surface area (Å²) < 4.78 is 0. The highest BCUT2D eigenvalue weighted by Crippen LogP contribution is 2.46. The predicted molar refractivity (Wildman–Crippen MR) is 72.5 cm³/mol. The molecule has 0 saturated carbocycles. The quantitative estimate of drug-likeness (QED) is 0.806. The van der Waals surface area contributed by atoms with E-state index in [1.807, 2.05) is 12.1 Å². The first-order chi connectivity index (χ1) is 8.23. The zero-order valence-corrected chi connectivity index (χ0v) is 11.1. The minimum absolute atomic E-state index is 0.343. The van der Waals surface area contributed by atoms with Gasteiger partial charge in [-0.15, -0.1) is 0 Å². The maximum Gasteiger partial charge on any atom is 0.119 e. The van der Waals surface area contributed by atoms with Gasteiger partial charge in [-0.3, -0.25) is 0 Å². The Kier molecular flexibility index (Phi) is 3.76. The van der Waals surface area contributed by atoms with Crippen molar-refractivity contribution in [2.24, 2.45) is 0 Å². The van der Waals surface area contributed by atoms with Crippen molar-refractivity contribution in [1.82, 2.24) is 0 Å². The molecule has 0 fully saturated rings. The van der Waals surface area contributed by atoms with Crippen molar-refractivity contribution in [2.75, 3.05) is 0 Å². The number of hydrogen-bond donors (Lipinski definition) is 1. The Morgan fingerprint density at radius 3 is 2.53 bits per heavy atom. The molecule has 0 aliphatic heterocycles. The average Bonchev–Trinajstić information content (AvgIpc) is 2.31. The Hall–Kier alpha value is -0.980. The fourth-order valence-corrected chi connectivity index (χ4v) is 3.67. The van der Waals surface area contributed by atoms with Gasteiger partial charge in [-0.25, -0.2) is 0 Å². The summed E-state index contributed by atoms with van der Waals surface area (Å²) in [6, 6.07) is 6.10. The summed E-state index contributed by atoms with van der Waals surface area (Å²) in [6.07, 6.45) is 8.56. The number of phenolic OH excluding ortho intramolecular Hbond substituents is 1. The molecule has 0 bridgehead atoms. The van der Waals surface area contributed by atoms with Crippen molar-refractivity contribution in [1.29, 1.82) is 0 Å². The topological polar surface area (TPSA) is 20.2 Å². The largest absolute Gasteiger partial charge is 0.508 e. The van der Waals surface area contributed by atoms with E-state index in [9.17, 15) is 5.11 Å². The molecule has 1 aromatic rings. The van der Waals surface area contributed by atoms with Crippen LogP contribution in [0.4, 0.5) is 0 Å². The van der Waals surface area contributed by atoms with Crippen LogP contribution in [-0.2, 0) is 11.8 Å². The molecule has 94 valence electrons. The Balaban J connectivity index is 2.46. The van der Waals surface area contributed by atoms with Gasteiger partial charge in [0.1, 0.15) is 5.75 Å². The molecule has 1 aromatic carbocycles. The minimum atomic E-state index is 0.343.